The van der Waals surface area contributed by atoms with E-state index in [9.17, 15) is 4.79 Å². The van der Waals surface area contributed by atoms with Gasteiger partial charge in [0.1, 0.15) is 6.04 Å². The van der Waals surface area contributed by atoms with Gasteiger partial charge in [0.05, 0.1) is 0 Å². The third-order valence-electron chi connectivity index (χ3n) is 2.49. The zero-order chi connectivity index (χ0) is 9.35. The third kappa shape index (κ3) is 1.97. The number of nitrogens with one attached hydrogen (secondary N) is 1. The van der Waals surface area contributed by atoms with Gasteiger partial charge in [0.15, 0.2) is 0 Å². The molecular weight excluding hydrogens is 154 g/mol. The van der Waals surface area contributed by atoms with Gasteiger partial charge >= 0.3 is 5.97 Å². The molecule has 1 aliphatic heterocycles. The van der Waals surface area contributed by atoms with Crippen molar-refractivity contribution in [2.45, 2.75) is 45.7 Å². The Morgan fingerprint density at radius 3 is 2.25 bits per heavy atom. The smallest absolute Gasteiger partial charge is 0.320 e. The Balaban J connectivity index is 2.51. The van der Waals surface area contributed by atoms with Crippen LogP contribution in [0.5, 0.6) is 0 Å². The Morgan fingerprint density at radius 2 is 2.00 bits per heavy atom. The number of hydrogen-bond acceptors (Lipinski definition) is 2. The summed E-state index contributed by atoms with van der Waals surface area (Å²) in [5.74, 6) is -0.721. The van der Waals surface area contributed by atoms with Crippen molar-refractivity contribution in [2.24, 2.45) is 5.41 Å². The van der Waals surface area contributed by atoms with Crippen LogP contribution in [0.1, 0.15) is 33.6 Å². The Kier molecular flexibility index (Phi) is 2.42. The predicted molar refractivity (Wildman–Crippen MR) is 47.0 cm³/mol. The first-order chi connectivity index (χ1) is 5.41. The predicted octanol–water partition coefficient (Wildman–Crippen LogP) is 1.24. The van der Waals surface area contributed by atoms with Crippen molar-refractivity contribution in [1.29, 1.82) is 0 Å². The fourth-order valence-corrected chi connectivity index (χ4v) is 1.62. The molecule has 2 N–H and O–H groups in total. The first-order valence-electron chi connectivity index (χ1n) is 4.40. The maximum Gasteiger partial charge on any atom is 0.320 e. The molecule has 0 spiro atoms. The summed E-state index contributed by atoms with van der Waals surface area (Å²) in [4.78, 5) is 10.6. The van der Waals surface area contributed by atoms with Crippen LogP contribution in [0, 0.1) is 5.41 Å². The van der Waals surface area contributed by atoms with E-state index in [-0.39, 0.29) is 11.5 Å². The van der Waals surface area contributed by atoms with E-state index < -0.39 is 5.97 Å². The summed E-state index contributed by atoms with van der Waals surface area (Å²) in [5, 5.41) is 11.9. The molecule has 0 aromatic carbocycles. The van der Waals surface area contributed by atoms with Crippen LogP contribution in [-0.4, -0.2) is 23.2 Å². The molecule has 1 aliphatic rings. The van der Waals surface area contributed by atoms with Crippen molar-refractivity contribution in [3.8, 4) is 0 Å². The molecule has 1 saturated heterocycles. The van der Waals surface area contributed by atoms with Gasteiger partial charge in [0, 0.05) is 6.04 Å². The molecule has 3 nitrogen and oxygen atoms in total. The highest BCUT2D eigenvalue weighted by Gasteiger charge is 2.35. The number of hydrogen-bond donors (Lipinski definition) is 2. The first kappa shape index (κ1) is 9.52. The molecule has 0 unspecified atom stereocenters. The number of carbonyl (C=O) groups is 1. The fourth-order valence-electron chi connectivity index (χ4n) is 1.62. The second-order valence-corrected chi connectivity index (χ2v) is 4.55. The van der Waals surface area contributed by atoms with Crippen molar-refractivity contribution in [1.82, 2.24) is 5.32 Å². The Hall–Kier alpha value is -0.570. The molecular formula is C9H17NO2. The van der Waals surface area contributed by atoms with Gasteiger partial charge in [-0.1, -0.05) is 20.8 Å². The van der Waals surface area contributed by atoms with Crippen LogP contribution in [0.25, 0.3) is 0 Å². The maximum absolute atomic E-state index is 10.6. The van der Waals surface area contributed by atoms with Gasteiger partial charge in [-0.15, -0.1) is 0 Å². The van der Waals surface area contributed by atoms with Gasteiger partial charge < -0.3 is 10.4 Å². The SMILES string of the molecule is CC(C)(C)[C@H]1CC[C@@H](C(=O)O)N1. The second-order valence-electron chi connectivity index (χ2n) is 4.55. The van der Waals surface area contributed by atoms with E-state index in [1.54, 1.807) is 0 Å². The minimum absolute atomic E-state index is 0.171. The Labute approximate surface area is 73.2 Å². The van der Waals surface area contributed by atoms with E-state index in [1.165, 1.54) is 0 Å². The molecule has 1 fully saturated rings. The summed E-state index contributed by atoms with van der Waals surface area (Å²) in [6.07, 6.45) is 1.73. The van der Waals surface area contributed by atoms with Gasteiger partial charge in [-0.25, -0.2) is 0 Å². The molecule has 1 heterocycles. The molecule has 2 atom stereocenters. The molecule has 70 valence electrons. The number of aliphatic carboxylic acids is 1. The van der Waals surface area contributed by atoms with E-state index >= 15 is 0 Å². The zero-order valence-corrected chi connectivity index (χ0v) is 7.92. The van der Waals surface area contributed by atoms with Crippen LogP contribution in [-0.2, 0) is 4.79 Å². The average Bonchev–Trinajstić information content (AvgIpc) is 2.30. The van der Waals surface area contributed by atoms with Crippen molar-refractivity contribution in [3.63, 3.8) is 0 Å². The topological polar surface area (TPSA) is 49.3 Å². The third-order valence-corrected chi connectivity index (χ3v) is 2.49. The summed E-state index contributed by atoms with van der Waals surface area (Å²) in [6.45, 7) is 6.40. The van der Waals surface area contributed by atoms with Crippen molar-refractivity contribution in [3.05, 3.63) is 0 Å². The van der Waals surface area contributed by atoms with Gasteiger partial charge in [0.25, 0.3) is 0 Å². The van der Waals surface area contributed by atoms with Crippen LogP contribution in [0.3, 0.4) is 0 Å². The summed E-state index contributed by atoms with van der Waals surface area (Å²) < 4.78 is 0. The molecule has 0 aromatic rings. The van der Waals surface area contributed by atoms with Gasteiger partial charge in [-0.2, -0.15) is 0 Å². The minimum atomic E-state index is -0.721. The standard InChI is InChI=1S/C9H17NO2/c1-9(2,3)7-5-4-6(10-7)8(11)12/h6-7,10H,4-5H2,1-3H3,(H,11,12)/t6-,7+/m0/s1. The quantitative estimate of drug-likeness (QED) is 0.624. The number of rotatable bonds is 1. The van der Waals surface area contributed by atoms with Crippen LogP contribution < -0.4 is 5.32 Å². The summed E-state index contributed by atoms with van der Waals surface area (Å²) in [5.41, 5.74) is 0.171. The lowest BCUT2D eigenvalue weighted by Crippen LogP contribution is -2.41. The van der Waals surface area contributed by atoms with Crippen LogP contribution >= 0.6 is 0 Å². The van der Waals surface area contributed by atoms with Gasteiger partial charge in [-0.3, -0.25) is 4.79 Å². The van der Waals surface area contributed by atoms with Crippen molar-refractivity contribution >= 4 is 5.97 Å². The van der Waals surface area contributed by atoms with Crippen molar-refractivity contribution < 1.29 is 9.90 Å². The molecule has 0 aromatic heterocycles. The molecule has 0 saturated carbocycles. The van der Waals surface area contributed by atoms with E-state index in [2.05, 4.69) is 26.1 Å². The number of carboxylic acid groups (broad SMARTS) is 1. The number of carboxylic acids is 1. The lowest BCUT2D eigenvalue weighted by molar-refractivity contribution is -0.139. The summed E-state index contributed by atoms with van der Waals surface area (Å²) in [7, 11) is 0. The summed E-state index contributed by atoms with van der Waals surface area (Å²) in [6, 6.07) is 0.0211. The lowest BCUT2D eigenvalue weighted by Gasteiger charge is -2.27. The van der Waals surface area contributed by atoms with Crippen LogP contribution in [0.2, 0.25) is 0 Å². The highest BCUT2D eigenvalue weighted by molar-refractivity contribution is 5.73. The lowest BCUT2D eigenvalue weighted by atomic mass is 9.86. The minimum Gasteiger partial charge on any atom is -0.480 e. The average molecular weight is 171 g/mol. The van der Waals surface area contributed by atoms with E-state index in [4.69, 9.17) is 5.11 Å². The van der Waals surface area contributed by atoms with Crippen LogP contribution in [0.15, 0.2) is 0 Å². The van der Waals surface area contributed by atoms with Crippen molar-refractivity contribution in [2.75, 3.05) is 0 Å². The Bertz CT molecular complexity index is 183. The van der Waals surface area contributed by atoms with Gasteiger partial charge in [0.2, 0.25) is 0 Å². The molecule has 1 rings (SSSR count). The molecule has 0 bridgehead atoms. The highest BCUT2D eigenvalue weighted by Crippen LogP contribution is 2.28. The molecule has 0 amide bonds. The molecule has 3 heteroatoms. The largest absolute Gasteiger partial charge is 0.480 e. The zero-order valence-electron chi connectivity index (χ0n) is 7.92. The normalized spacial score (nSPS) is 30.6. The first-order valence-corrected chi connectivity index (χ1v) is 4.40. The monoisotopic (exact) mass is 171 g/mol. The summed E-state index contributed by atoms with van der Waals surface area (Å²) >= 11 is 0. The fraction of sp³-hybridized carbons (Fsp3) is 0.889. The van der Waals surface area contributed by atoms with Gasteiger partial charge in [-0.05, 0) is 18.3 Å². The van der Waals surface area contributed by atoms with Crippen LogP contribution in [0.4, 0.5) is 0 Å². The highest BCUT2D eigenvalue weighted by atomic mass is 16.4. The molecule has 12 heavy (non-hydrogen) atoms. The second kappa shape index (κ2) is 3.05. The molecule has 0 radical (unpaired) electrons. The molecule has 0 aliphatic carbocycles. The van der Waals surface area contributed by atoms with E-state index in [0.29, 0.717) is 6.04 Å². The Morgan fingerprint density at radius 1 is 1.42 bits per heavy atom. The van der Waals surface area contributed by atoms with E-state index in [0.717, 1.165) is 12.8 Å². The maximum atomic E-state index is 10.6. The van der Waals surface area contributed by atoms with E-state index in [1.807, 2.05) is 0 Å².